The third-order valence-corrected chi connectivity index (χ3v) is 3.56. The SMILES string of the molecule is CNC(=O)C1CC(O)C(NCc2ccccc2)C1. The van der Waals surface area contributed by atoms with Crippen molar-refractivity contribution >= 4 is 5.91 Å². The Balaban J connectivity index is 1.85. The maximum Gasteiger partial charge on any atom is 0.223 e. The number of carbonyl (C=O) groups excluding carboxylic acids is 1. The molecule has 1 aromatic rings. The van der Waals surface area contributed by atoms with Crippen LogP contribution in [0.15, 0.2) is 30.3 Å². The van der Waals surface area contributed by atoms with Crippen LogP contribution >= 0.6 is 0 Å². The summed E-state index contributed by atoms with van der Waals surface area (Å²) in [5, 5.41) is 15.9. The lowest BCUT2D eigenvalue weighted by Crippen LogP contribution is -2.35. The molecule has 0 radical (unpaired) electrons. The fourth-order valence-corrected chi connectivity index (χ4v) is 2.50. The lowest BCUT2D eigenvalue weighted by Gasteiger charge is -2.16. The Bertz CT molecular complexity index is 394. The highest BCUT2D eigenvalue weighted by Gasteiger charge is 2.35. The minimum atomic E-state index is -0.434. The van der Waals surface area contributed by atoms with Gasteiger partial charge in [0.15, 0.2) is 0 Å². The Morgan fingerprint density at radius 2 is 2.06 bits per heavy atom. The zero-order valence-electron chi connectivity index (χ0n) is 10.6. The molecule has 1 amide bonds. The van der Waals surface area contributed by atoms with Crippen LogP contribution in [-0.4, -0.2) is 30.2 Å². The van der Waals surface area contributed by atoms with Crippen molar-refractivity contribution in [1.82, 2.24) is 10.6 Å². The van der Waals surface area contributed by atoms with Crippen LogP contribution < -0.4 is 10.6 Å². The molecule has 0 aliphatic heterocycles. The molecule has 0 heterocycles. The van der Waals surface area contributed by atoms with E-state index in [1.165, 1.54) is 5.56 Å². The predicted molar refractivity (Wildman–Crippen MR) is 69.9 cm³/mol. The van der Waals surface area contributed by atoms with Crippen molar-refractivity contribution in [2.75, 3.05) is 7.05 Å². The molecule has 1 aromatic carbocycles. The average Bonchev–Trinajstić information content (AvgIpc) is 2.78. The van der Waals surface area contributed by atoms with Crippen LogP contribution in [0.2, 0.25) is 0 Å². The van der Waals surface area contributed by atoms with Gasteiger partial charge in [0.1, 0.15) is 0 Å². The molecule has 0 saturated heterocycles. The summed E-state index contributed by atoms with van der Waals surface area (Å²) in [5.41, 5.74) is 1.19. The first-order valence-corrected chi connectivity index (χ1v) is 6.37. The molecule has 1 fully saturated rings. The van der Waals surface area contributed by atoms with Crippen molar-refractivity contribution in [2.45, 2.75) is 31.5 Å². The summed E-state index contributed by atoms with van der Waals surface area (Å²) < 4.78 is 0. The van der Waals surface area contributed by atoms with Crippen molar-refractivity contribution in [1.29, 1.82) is 0 Å². The van der Waals surface area contributed by atoms with Crippen molar-refractivity contribution in [2.24, 2.45) is 5.92 Å². The normalized spacial score (nSPS) is 27.1. The van der Waals surface area contributed by atoms with Crippen LogP contribution in [0.3, 0.4) is 0 Å². The van der Waals surface area contributed by atoms with E-state index in [2.05, 4.69) is 10.6 Å². The smallest absolute Gasteiger partial charge is 0.223 e. The maximum atomic E-state index is 11.5. The summed E-state index contributed by atoms with van der Waals surface area (Å²) in [6.45, 7) is 0.725. The lowest BCUT2D eigenvalue weighted by molar-refractivity contribution is -0.124. The highest BCUT2D eigenvalue weighted by atomic mass is 16.3. The van der Waals surface area contributed by atoms with Crippen molar-refractivity contribution in [3.05, 3.63) is 35.9 Å². The second-order valence-electron chi connectivity index (χ2n) is 4.82. The molecule has 0 spiro atoms. The number of benzene rings is 1. The van der Waals surface area contributed by atoms with Gasteiger partial charge in [-0.3, -0.25) is 4.79 Å². The Morgan fingerprint density at radius 3 is 2.72 bits per heavy atom. The molecular formula is C14H20N2O2. The van der Waals surface area contributed by atoms with Gasteiger partial charge in [-0.25, -0.2) is 0 Å². The van der Waals surface area contributed by atoms with Crippen LogP contribution in [0.5, 0.6) is 0 Å². The number of aliphatic hydroxyl groups excluding tert-OH is 1. The van der Waals surface area contributed by atoms with E-state index in [0.29, 0.717) is 12.8 Å². The minimum absolute atomic E-state index is 0.00695. The Morgan fingerprint density at radius 1 is 1.33 bits per heavy atom. The lowest BCUT2D eigenvalue weighted by atomic mass is 10.1. The standard InChI is InChI=1S/C14H20N2O2/c1-15-14(18)11-7-12(13(17)8-11)16-9-10-5-3-2-4-6-10/h2-6,11-13,16-17H,7-9H2,1H3,(H,15,18). The molecule has 98 valence electrons. The maximum absolute atomic E-state index is 11.5. The summed E-state index contributed by atoms with van der Waals surface area (Å²) in [5.74, 6) is -0.0451. The molecule has 18 heavy (non-hydrogen) atoms. The third-order valence-electron chi connectivity index (χ3n) is 3.56. The van der Waals surface area contributed by atoms with E-state index in [0.717, 1.165) is 6.54 Å². The predicted octanol–water partition coefficient (Wildman–Crippen LogP) is 0.662. The summed E-state index contributed by atoms with van der Waals surface area (Å²) in [6.07, 6.45) is 0.816. The van der Waals surface area contributed by atoms with Gasteiger partial charge in [-0.05, 0) is 18.4 Å². The topological polar surface area (TPSA) is 61.4 Å². The first-order chi connectivity index (χ1) is 8.70. The number of carbonyl (C=O) groups is 1. The molecule has 4 heteroatoms. The first kappa shape index (κ1) is 13.1. The summed E-state index contributed by atoms with van der Waals surface area (Å²) in [7, 11) is 1.64. The highest BCUT2D eigenvalue weighted by Crippen LogP contribution is 2.26. The molecule has 3 N–H and O–H groups in total. The number of hydrogen-bond acceptors (Lipinski definition) is 3. The van der Waals surface area contributed by atoms with Crippen LogP contribution in [0, 0.1) is 5.92 Å². The summed E-state index contributed by atoms with van der Waals surface area (Å²) >= 11 is 0. The van der Waals surface area contributed by atoms with E-state index in [4.69, 9.17) is 0 Å². The quantitative estimate of drug-likeness (QED) is 0.733. The number of amides is 1. The van der Waals surface area contributed by atoms with E-state index >= 15 is 0 Å². The van der Waals surface area contributed by atoms with Gasteiger partial charge in [0.25, 0.3) is 0 Å². The minimum Gasteiger partial charge on any atom is -0.391 e. The van der Waals surface area contributed by atoms with Crippen LogP contribution in [0.4, 0.5) is 0 Å². The Kier molecular flexibility index (Phi) is 4.33. The van der Waals surface area contributed by atoms with Gasteiger partial charge in [0.05, 0.1) is 6.10 Å². The number of nitrogens with one attached hydrogen (secondary N) is 2. The molecule has 0 aromatic heterocycles. The van der Waals surface area contributed by atoms with Gasteiger partial charge in [-0.15, -0.1) is 0 Å². The van der Waals surface area contributed by atoms with Gasteiger partial charge < -0.3 is 15.7 Å². The van der Waals surface area contributed by atoms with Crippen LogP contribution in [0.25, 0.3) is 0 Å². The Labute approximate surface area is 107 Å². The second kappa shape index (κ2) is 5.98. The molecule has 1 aliphatic rings. The van der Waals surface area contributed by atoms with E-state index < -0.39 is 6.10 Å². The van der Waals surface area contributed by atoms with Crippen molar-refractivity contribution < 1.29 is 9.90 Å². The van der Waals surface area contributed by atoms with E-state index in [-0.39, 0.29) is 17.9 Å². The molecule has 1 aliphatic carbocycles. The van der Waals surface area contributed by atoms with Gasteiger partial charge in [-0.1, -0.05) is 30.3 Å². The first-order valence-electron chi connectivity index (χ1n) is 6.37. The number of rotatable bonds is 4. The molecule has 3 atom stereocenters. The Hall–Kier alpha value is -1.39. The number of aliphatic hydroxyl groups is 1. The van der Waals surface area contributed by atoms with E-state index in [1.54, 1.807) is 7.05 Å². The van der Waals surface area contributed by atoms with Crippen molar-refractivity contribution in [3.8, 4) is 0 Å². The number of hydrogen-bond donors (Lipinski definition) is 3. The summed E-state index contributed by atoms with van der Waals surface area (Å²) in [6, 6.07) is 10.1. The molecule has 4 nitrogen and oxygen atoms in total. The molecule has 2 rings (SSSR count). The van der Waals surface area contributed by atoms with Gasteiger partial charge in [0.2, 0.25) is 5.91 Å². The molecular weight excluding hydrogens is 228 g/mol. The highest BCUT2D eigenvalue weighted by molar-refractivity contribution is 5.78. The van der Waals surface area contributed by atoms with Crippen LogP contribution in [-0.2, 0) is 11.3 Å². The fraction of sp³-hybridized carbons (Fsp3) is 0.500. The summed E-state index contributed by atoms with van der Waals surface area (Å²) in [4.78, 5) is 11.5. The van der Waals surface area contributed by atoms with Gasteiger partial charge in [-0.2, -0.15) is 0 Å². The van der Waals surface area contributed by atoms with E-state index in [9.17, 15) is 9.90 Å². The molecule has 0 bridgehead atoms. The molecule has 3 unspecified atom stereocenters. The van der Waals surface area contributed by atoms with E-state index in [1.807, 2.05) is 30.3 Å². The zero-order valence-corrected chi connectivity index (χ0v) is 10.6. The zero-order chi connectivity index (χ0) is 13.0. The third kappa shape index (κ3) is 3.09. The molecule has 1 saturated carbocycles. The largest absolute Gasteiger partial charge is 0.391 e. The van der Waals surface area contributed by atoms with Gasteiger partial charge in [0, 0.05) is 25.6 Å². The average molecular weight is 248 g/mol. The van der Waals surface area contributed by atoms with Crippen LogP contribution in [0.1, 0.15) is 18.4 Å². The fourth-order valence-electron chi connectivity index (χ4n) is 2.50. The second-order valence-corrected chi connectivity index (χ2v) is 4.82. The monoisotopic (exact) mass is 248 g/mol. The van der Waals surface area contributed by atoms with Crippen molar-refractivity contribution in [3.63, 3.8) is 0 Å². The van der Waals surface area contributed by atoms with Gasteiger partial charge >= 0.3 is 0 Å².